The van der Waals surface area contributed by atoms with Crippen LogP contribution in [0.5, 0.6) is 11.5 Å². The molecule has 0 bridgehead atoms. The Morgan fingerprint density at radius 1 is 1.35 bits per heavy atom. The molecular weight excluding hydrogens is 316 g/mol. The molecule has 0 aliphatic rings. The second-order valence-corrected chi connectivity index (χ2v) is 6.06. The number of aliphatic hydroxyl groups is 1. The topological polar surface area (TPSA) is 80.7 Å². The van der Waals surface area contributed by atoms with Crippen molar-refractivity contribution in [2.45, 2.75) is 19.9 Å². The molecule has 0 unspecified atom stereocenters. The number of rotatable bonds is 6. The van der Waals surface area contributed by atoms with E-state index in [0.717, 1.165) is 10.6 Å². The zero-order valence-corrected chi connectivity index (χ0v) is 14.4. The normalized spacial score (nSPS) is 11.9. The first-order chi connectivity index (χ1) is 11.0. The predicted octanol–water partition coefficient (Wildman–Crippen LogP) is 2.25. The summed E-state index contributed by atoms with van der Waals surface area (Å²) >= 11 is 1.30. The number of aromatic nitrogens is 1. The third-order valence-electron chi connectivity index (χ3n) is 3.28. The third-order valence-corrected chi connectivity index (χ3v) is 4.49. The average Bonchev–Trinajstić information content (AvgIpc) is 2.95. The number of thiazole rings is 1. The molecule has 1 amide bonds. The molecule has 2 aromatic rings. The van der Waals surface area contributed by atoms with Crippen LogP contribution in [0.2, 0.25) is 0 Å². The highest BCUT2D eigenvalue weighted by Crippen LogP contribution is 2.34. The molecule has 0 aliphatic heterocycles. The number of hydrogen-bond donors (Lipinski definition) is 2. The number of carbonyl (C=O) groups is 1. The van der Waals surface area contributed by atoms with Crippen LogP contribution in [-0.2, 0) is 0 Å². The summed E-state index contributed by atoms with van der Waals surface area (Å²) in [5, 5.41) is 12.5. The highest BCUT2D eigenvalue weighted by atomic mass is 32.1. The number of benzene rings is 1. The molecule has 1 atom stereocenters. The van der Waals surface area contributed by atoms with Crippen LogP contribution in [0.25, 0.3) is 10.6 Å². The van der Waals surface area contributed by atoms with Crippen molar-refractivity contribution < 1.29 is 19.4 Å². The lowest BCUT2D eigenvalue weighted by molar-refractivity contribution is 0.0925. The van der Waals surface area contributed by atoms with Gasteiger partial charge in [-0.2, -0.15) is 0 Å². The number of aryl methyl sites for hydroxylation is 1. The number of methoxy groups -OCH3 is 2. The van der Waals surface area contributed by atoms with Crippen molar-refractivity contribution in [2.24, 2.45) is 0 Å². The number of ether oxygens (including phenoxy) is 2. The fourth-order valence-corrected chi connectivity index (χ4v) is 3.00. The molecule has 124 valence electrons. The third kappa shape index (κ3) is 3.80. The van der Waals surface area contributed by atoms with E-state index < -0.39 is 0 Å². The maximum Gasteiger partial charge on any atom is 0.263 e. The van der Waals surface area contributed by atoms with Crippen molar-refractivity contribution in [3.05, 3.63) is 28.8 Å². The Kier molecular flexibility index (Phi) is 5.57. The van der Waals surface area contributed by atoms with Gasteiger partial charge < -0.3 is 19.9 Å². The Balaban J connectivity index is 2.32. The Morgan fingerprint density at radius 2 is 2.04 bits per heavy atom. The van der Waals surface area contributed by atoms with Crippen molar-refractivity contribution in [3.8, 4) is 22.1 Å². The minimum absolute atomic E-state index is 0.105. The Bertz CT molecular complexity index is 699. The van der Waals surface area contributed by atoms with Gasteiger partial charge in [-0.3, -0.25) is 4.79 Å². The largest absolute Gasteiger partial charge is 0.493 e. The first-order valence-electron chi connectivity index (χ1n) is 7.11. The summed E-state index contributed by atoms with van der Waals surface area (Å²) in [6, 6.07) is 5.21. The molecular formula is C16H20N2O4S. The quantitative estimate of drug-likeness (QED) is 0.846. The van der Waals surface area contributed by atoms with Crippen molar-refractivity contribution >= 4 is 17.2 Å². The predicted molar refractivity (Wildman–Crippen MR) is 89.4 cm³/mol. The van der Waals surface area contributed by atoms with Gasteiger partial charge in [0, 0.05) is 11.6 Å². The summed E-state index contributed by atoms with van der Waals surface area (Å²) in [7, 11) is 3.15. The lowest BCUT2D eigenvalue weighted by Crippen LogP contribution is -2.34. The van der Waals surface area contributed by atoms with Crippen LogP contribution in [0, 0.1) is 6.92 Å². The van der Waals surface area contributed by atoms with Crippen LogP contribution in [0.15, 0.2) is 18.2 Å². The minimum atomic E-state index is -0.298. The van der Waals surface area contributed by atoms with E-state index in [4.69, 9.17) is 14.6 Å². The number of hydrogen-bond acceptors (Lipinski definition) is 6. The Morgan fingerprint density at radius 3 is 2.65 bits per heavy atom. The molecule has 0 saturated carbocycles. The Hall–Kier alpha value is -2.12. The standard InChI is InChI=1S/C16H20N2O4S/c1-9(8-19)17-15(20)14-10(2)18-16(23-14)11-5-6-12(21-3)13(7-11)22-4/h5-7,9,19H,8H2,1-4H3,(H,17,20)/t9-/m1/s1. The summed E-state index contributed by atoms with van der Waals surface area (Å²) in [6.07, 6.45) is 0. The maximum absolute atomic E-state index is 12.2. The van der Waals surface area contributed by atoms with Gasteiger partial charge in [0.25, 0.3) is 5.91 Å². The smallest absolute Gasteiger partial charge is 0.263 e. The zero-order valence-electron chi connectivity index (χ0n) is 13.5. The number of nitrogens with zero attached hydrogens (tertiary/aromatic N) is 1. The van der Waals surface area contributed by atoms with Crippen LogP contribution in [0.4, 0.5) is 0 Å². The van der Waals surface area contributed by atoms with Crippen LogP contribution in [0.1, 0.15) is 22.3 Å². The molecule has 0 saturated heterocycles. The minimum Gasteiger partial charge on any atom is -0.493 e. The Labute approximate surface area is 139 Å². The molecule has 0 fully saturated rings. The molecule has 7 heteroatoms. The molecule has 0 aliphatic carbocycles. The molecule has 1 aromatic carbocycles. The van der Waals surface area contributed by atoms with Crippen LogP contribution < -0.4 is 14.8 Å². The van der Waals surface area contributed by atoms with Gasteiger partial charge in [-0.1, -0.05) is 0 Å². The molecule has 2 N–H and O–H groups in total. The summed E-state index contributed by atoms with van der Waals surface area (Å²) in [6.45, 7) is 3.43. The summed E-state index contributed by atoms with van der Waals surface area (Å²) in [5.74, 6) is 1.02. The average molecular weight is 336 g/mol. The van der Waals surface area contributed by atoms with Gasteiger partial charge >= 0.3 is 0 Å². The maximum atomic E-state index is 12.2. The molecule has 1 aromatic heterocycles. The number of carbonyl (C=O) groups excluding carboxylic acids is 1. The SMILES string of the molecule is COc1ccc(-c2nc(C)c(C(=O)N[C@H](C)CO)s2)cc1OC. The molecule has 6 nitrogen and oxygen atoms in total. The summed E-state index contributed by atoms with van der Waals surface area (Å²) in [4.78, 5) is 17.2. The van der Waals surface area contributed by atoms with E-state index in [0.29, 0.717) is 22.1 Å². The zero-order chi connectivity index (χ0) is 17.0. The number of nitrogens with one attached hydrogen (secondary N) is 1. The highest BCUT2D eigenvalue weighted by molar-refractivity contribution is 7.17. The summed E-state index contributed by atoms with van der Waals surface area (Å²) in [5.41, 5.74) is 1.51. The van der Waals surface area contributed by atoms with Gasteiger partial charge in [-0.25, -0.2) is 4.98 Å². The van der Waals surface area contributed by atoms with Gasteiger partial charge in [0.05, 0.1) is 26.5 Å². The molecule has 2 rings (SSSR count). The van der Waals surface area contributed by atoms with E-state index in [2.05, 4.69) is 10.3 Å². The lowest BCUT2D eigenvalue weighted by atomic mass is 10.2. The molecule has 0 radical (unpaired) electrons. The van der Waals surface area contributed by atoms with Crippen molar-refractivity contribution in [1.29, 1.82) is 0 Å². The number of aliphatic hydroxyl groups excluding tert-OH is 1. The van der Waals surface area contributed by atoms with E-state index in [-0.39, 0.29) is 18.6 Å². The van der Waals surface area contributed by atoms with E-state index in [1.807, 2.05) is 12.1 Å². The second-order valence-electron chi connectivity index (χ2n) is 5.06. The molecule has 23 heavy (non-hydrogen) atoms. The molecule has 0 spiro atoms. The van der Waals surface area contributed by atoms with Crippen molar-refractivity contribution in [3.63, 3.8) is 0 Å². The first kappa shape index (κ1) is 17.2. The van der Waals surface area contributed by atoms with Gasteiger partial charge in [0.15, 0.2) is 11.5 Å². The van der Waals surface area contributed by atoms with E-state index in [1.54, 1.807) is 34.1 Å². The van der Waals surface area contributed by atoms with Crippen LogP contribution in [-0.4, -0.2) is 42.9 Å². The van der Waals surface area contributed by atoms with Crippen LogP contribution >= 0.6 is 11.3 Å². The fourth-order valence-electron chi connectivity index (χ4n) is 2.03. The first-order valence-corrected chi connectivity index (χ1v) is 7.93. The second kappa shape index (κ2) is 7.43. The van der Waals surface area contributed by atoms with Gasteiger partial charge in [0.2, 0.25) is 0 Å². The lowest BCUT2D eigenvalue weighted by Gasteiger charge is -2.09. The van der Waals surface area contributed by atoms with Crippen molar-refractivity contribution in [1.82, 2.24) is 10.3 Å². The summed E-state index contributed by atoms with van der Waals surface area (Å²) < 4.78 is 10.5. The van der Waals surface area contributed by atoms with Gasteiger partial charge in [-0.05, 0) is 32.0 Å². The van der Waals surface area contributed by atoms with Crippen molar-refractivity contribution in [2.75, 3.05) is 20.8 Å². The van der Waals surface area contributed by atoms with E-state index >= 15 is 0 Å². The van der Waals surface area contributed by atoms with Gasteiger partial charge in [0.1, 0.15) is 9.88 Å². The molecule has 1 heterocycles. The monoisotopic (exact) mass is 336 g/mol. The number of amides is 1. The fraction of sp³-hybridized carbons (Fsp3) is 0.375. The van der Waals surface area contributed by atoms with E-state index in [9.17, 15) is 4.79 Å². The van der Waals surface area contributed by atoms with Crippen LogP contribution in [0.3, 0.4) is 0 Å². The van der Waals surface area contributed by atoms with Gasteiger partial charge in [-0.15, -0.1) is 11.3 Å². The highest BCUT2D eigenvalue weighted by Gasteiger charge is 2.18. The van der Waals surface area contributed by atoms with E-state index in [1.165, 1.54) is 11.3 Å².